The summed E-state index contributed by atoms with van der Waals surface area (Å²) in [5.74, 6) is 0.493. The summed E-state index contributed by atoms with van der Waals surface area (Å²) in [6.45, 7) is 0.122. The van der Waals surface area contributed by atoms with E-state index in [0.29, 0.717) is 12.8 Å². The molecule has 0 saturated heterocycles. The molecule has 1 rings (SSSR count). The Morgan fingerprint density at radius 3 is 2.47 bits per heavy atom. The number of rotatable bonds is 6. The second kappa shape index (κ2) is 5.61. The van der Waals surface area contributed by atoms with E-state index < -0.39 is 10.1 Å². The molecule has 1 fully saturated rings. The highest BCUT2D eigenvalue weighted by Crippen LogP contribution is 2.26. The van der Waals surface area contributed by atoms with Crippen molar-refractivity contribution in [2.24, 2.45) is 5.92 Å². The fraction of sp³-hybridized carbons (Fsp3) is 0.900. The fourth-order valence-electron chi connectivity index (χ4n) is 1.91. The standard InChI is InChI=1S/C10H18O4S/c1-15(12,13)14-8-4-7-10(11)9-5-2-3-6-9/h9H,2-8H2,1H3. The van der Waals surface area contributed by atoms with Crippen molar-refractivity contribution in [3.63, 3.8) is 0 Å². The van der Waals surface area contributed by atoms with Crippen LogP contribution < -0.4 is 0 Å². The molecule has 88 valence electrons. The summed E-state index contributed by atoms with van der Waals surface area (Å²) < 4.78 is 25.8. The number of carbonyl (C=O) groups is 1. The summed E-state index contributed by atoms with van der Waals surface area (Å²) >= 11 is 0. The topological polar surface area (TPSA) is 60.4 Å². The zero-order valence-electron chi connectivity index (χ0n) is 9.07. The molecule has 0 heterocycles. The number of ketones is 1. The molecule has 0 bridgehead atoms. The molecule has 0 aromatic carbocycles. The number of carbonyl (C=O) groups excluding carboxylic acids is 1. The van der Waals surface area contributed by atoms with E-state index in [1.165, 1.54) is 0 Å². The Bertz CT molecular complexity index is 301. The van der Waals surface area contributed by atoms with Crippen LogP contribution in [0.4, 0.5) is 0 Å². The van der Waals surface area contributed by atoms with Crippen LogP contribution in [0, 0.1) is 5.92 Å². The second-order valence-electron chi connectivity index (χ2n) is 4.08. The van der Waals surface area contributed by atoms with Crippen LogP contribution in [0.5, 0.6) is 0 Å². The maximum absolute atomic E-state index is 11.6. The molecular formula is C10H18O4S. The highest BCUT2D eigenvalue weighted by molar-refractivity contribution is 7.85. The molecule has 1 saturated carbocycles. The predicted octanol–water partition coefficient (Wildman–Crippen LogP) is 1.50. The van der Waals surface area contributed by atoms with Crippen LogP contribution in [0.3, 0.4) is 0 Å². The van der Waals surface area contributed by atoms with Gasteiger partial charge in [-0.1, -0.05) is 12.8 Å². The van der Waals surface area contributed by atoms with Gasteiger partial charge in [0.15, 0.2) is 0 Å². The summed E-state index contributed by atoms with van der Waals surface area (Å²) in [6.07, 6.45) is 6.28. The van der Waals surface area contributed by atoms with Crippen LogP contribution in [0.1, 0.15) is 38.5 Å². The van der Waals surface area contributed by atoms with E-state index in [2.05, 4.69) is 4.18 Å². The molecule has 0 aromatic heterocycles. The van der Waals surface area contributed by atoms with E-state index in [4.69, 9.17) is 0 Å². The Morgan fingerprint density at radius 1 is 1.33 bits per heavy atom. The fourth-order valence-corrected chi connectivity index (χ4v) is 2.33. The Kier molecular flexibility index (Phi) is 4.73. The molecule has 0 unspecified atom stereocenters. The molecule has 0 spiro atoms. The van der Waals surface area contributed by atoms with Crippen molar-refractivity contribution >= 4 is 15.9 Å². The van der Waals surface area contributed by atoms with Crippen LogP contribution in [0.2, 0.25) is 0 Å². The first kappa shape index (κ1) is 12.6. The van der Waals surface area contributed by atoms with E-state index in [0.717, 1.165) is 31.9 Å². The molecule has 0 atom stereocenters. The van der Waals surface area contributed by atoms with Gasteiger partial charge in [-0.05, 0) is 19.3 Å². The molecule has 1 aliphatic carbocycles. The molecule has 4 nitrogen and oxygen atoms in total. The molecular weight excluding hydrogens is 216 g/mol. The van der Waals surface area contributed by atoms with Crippen LogP contribution in [0.25, 0.3) is 0 Å². The van der Waals surface area contributed by atoms with Gasteiger partial charge >= 0.3 is 0 Å². The average Bonchev–Trinajstić information content (AvgIpc) is 2.63. The lowest BCUT2D eigenvalue weighted by atomic mass is 9.99. The molecule has 0 aliphatic heterocycles. The van der Waals surface area contributed by atoms with Crippen molar-refractivity contribution in [2.75, 3.05) is 12.9 Å². The third-order valence-electron chi connectivity index (χ3n) is 2.68. The summed E-state index contributed by atoms with van der Waals surface area (Å²) in [5, 5.41) is 0. The molecule has 0 aromatic rings. The second-order valence-corrected chi connectivity index (χ2v) is 5.72. The minimum absolute atomic E-state index is 0.122. The normalized spacial score (nSPS) is 18.2. The van der Waals surface area contributed by atoms with Crippen LogP contribution >= 0.6 is 0 Å². The Hall–Kier alpha value is -0.420. The summed E-state index contributed by atoms with van der Waals surface area (Å²) in [7, 11) is -3.35. The van der Waals surface area contributed by atoms with Crippen LogP contribution in [-0.4, -0.2) is 27.1 Å². The SMILES string of the molecule is CS(=O)(=O)OCCCC(=O)C1CCCC1. The maximum atomic E-state index is 11.6. The van der Waals surface area contributed by atoms with Gasteiger partial charge in [0.05, 0.1) is 12.9 Å². The molecule has 15 heavy (non-hydrogen) atoms. The smallest absolute Gasteiger partial charge is 0.264 e. The van der Waals surface area contributed by atoms with Gasteiger partial charge in [-0.15, -0.1) is 0 Å². The lowest BCUT2D eigenvalue weighted by molar-refractivity contribution is -0.122. The van der Waals surface area contributed by atoms with Crippen molar-refractivity contribution in [3.05, 3.63) is 0 Å². The van der Waals surface area contributed by atoms with Gasteiger partial charge in [0, 0.05) is 12.3 Å². The largest absolute Gasteiger partial charge is 0.299 e. The van der Waals surface area contributed by atoms with Crippen molar-refractivity contribution in [3.8, 4) is 0 Å². The van der Waals surface area contributed by atoms with Crippen molar-refractivity contribution in [1.29, 1.82) is 0 Å². The Morgan fingerprint density at radius 2 is 1.93 bits per heavy atom. The number of hydrogen-bond acceptors (Lipinski definition) is 4. The lowest BCUT2D eigenvalue weighted by Gasteiger charge is -2.07. The van der Waals surface area contributed by atoms with E-state index in [1.807, 2.05) is 0 Å². The third-order valence-corrected chi connectivity index (χ3v) is 3.27. The van der Waals surface area contributed by atoms with Crippen molar-refractivity contribution in [1.82, 2.24) is 0 Å². The van der Waals surface area contributed by atoms with Crippen molar-refractivity contribution in [2.45, 2.75) is 38.5 Å². The third kappa shape index (κ3) is 5.28. The van der Waals surface area contributed by atoms with Gasteiger partial charge in [0.1, 0.15) is 5.78 Å². The minimum atomic E-state index is -3.35. The summed E-state index contributed by atoms with van der Waals surface area (Å²) in [4.78, 5) is 11.6. The number of hydrogen-bond donors (Lipinski definition) is 0. The average molecular weight is 234 g/mol. The Labute approximate surface area is 91.1 Å². The van der Waals surface area contributed by atoms with E-state index >= 15 is 0 Å². The van der Waals surface area contributed by atoms with E-state index in [-0.39, 0.29) is 18.3 Å². The molecule has 0 N–H and O–H groups in total. The van der Waals surface area contributed by atoms with E-state index in [1.54, 1.807) is 0 Å². The Balaban J connectivity index is 2.12. The quantitative estimate of drug-likeness (QED) is 0.516. The van der Waals surface area contributed by atoms with Crippen molar-refractivity contribution < 1.29 is 17.4 Å². The zero-order chi connectivity index (χ0) is 11.3. The first-order valence-electron chi connectivity index (χ1n) is 5.36. The number of Topliss-reactive ketones (excluding diaryl/α,β-unsaturated/α-hetero) is 1. The summed E-state index contributed by atoms with van der Waals surface area (Å²) in [6, 6.07) is 0. The van der Waals surface area contributed by atoms with Crippen LogP contribution in [-0.2, 0) is 19.1 Å². The first-order valence-corrected chi connectivity index (χ1v) is 7.18. The van der Waals surface area contributed by atoms with Gasteiger partial charge in [0.25, 0.3) is 10.1 Å². The van der Waals surface area contributed by atoms with Gasteiger partial charge in [-0.25, -0.2) is 0 Å². The zero-order valence-corrected chi connectivity index (χ0v) is 9.88. The highest BCUT2D eigenvalue weighted by atomic mass is 32.2. The van der Waals surface area contributed by atoms with E-state index in [9.17, 15) is 13.2 Å². The van der Waals surface area contributed by atoms with Crippen LogP contribution in [0.15, 0.2) is 0 Å². The first-order chi connectivity index (χ1) is 6.99. The summed E-state index contributed by atoms with van der Waals surface area (Å²) in [5.41, 5.74) is 0. The maximum Gasteiger partial charge on any atom is 0.264 e. The molecule has 5 heteroatoms. The lowest BCUT2D eigenvalue weighted by Crippen LogP contribution is -2.12. The van der Waals surface area contributed by atoms with Gasteiger partial charge in [-0.3, -0.25) is 8.98 Å². The van der Waals surface area contributed by atoms with Gasteiger partial charge in [0.2, 0.25) is 0 Å². The molecule has 0 radical (unpaired) electrons. The molecule has 1 aliphatic rings. The minimum Gasteiger partial charge on any atom is -0.299 e. The highest BCUT2D eigenvalue weighted by Gasteiger charge is 2.21. The predicted molar refractivity (Wildman–Crippen MR) is 57.0 cm³/mol. The molecule has 0 amide bonds. The van der Waals surface area contributed by atoms with Gasteiger partial charge < -0.3 is 0 Å². The van der Waals surface area contributed by atoms with Gasteiger partial charge in [-0.2, -0.15) is 8.42 Å². The monoisotopic (exact) mass is 234 g/mol.